The molecule has 2 atom stereocenters. The summed E-state index contributed by atoms with van der Waals surface area (Å²) >= 11 is 6.26. The van der Waals surface area contributed by atoms with Gasteiger partial charge >= 0.3 is 0 Å². The summed E-state index contributed by atoms with van der Waals surface area (Å²) in [6, 6.07) is 9.44. The molecule has 1 aliphatic rings. The molecule has 0 aromatic heterocycles. The largest absolute Gasteiger partial charge is 0.322 e. The predicted molar refractivity (Wildman–Crippen MR) is 64.3 cm³/mol. The molecule has 0 saturated heterocycles. The number of hydrogen-bond acceptors (Lipinski definition) is 2. The van der Waals surface area contributed by atoms with Crippen LogP contribution < -0.4 is 11.5 Å². The summed E-state index contributed by atoms with van der Waals surface area (Å²) in [6.07, 6.45) is 5.60. The lowest BCUT2D eigenvalue weighted by Crippen LogP contribution is -2.51. The molecule has 0 bridgehead atoms. The molecule has 2 nitrogen and oxygen atoms in total. The van der Waals surface area contributed by atoms with Crippen molar-refractivity contribution in [3.8, 4) is 0 Å². The third-order valence-corrected chi connectivity index (χ3v) is 3.02. The van der Waals surface area contributed by atoms with Crippen molar-refractivity contribution in [2.24, 2.45) is 11.5 Å². The topological polar surface area (TPSA) is 52.0 Å². The standard InChI is InChI=1S/C12H13ClN2/c13-12(15)10(7-4-8-11(12)14)9-5-2-1-3-6-9/h1-8,11H,14-15H2. The van der Waals surface area contributed by atoms with Crippen molar-refractivity contribution in [2.45, 2.75) is 11.0 Å². The van der Waals surface area contributed by atoms with Crippen LogP contribution in [0.1, 0.15) is 5.56 Å². The Hall–Kier alpha value is -1.09. The van der Waals surface area contributed by atoms with Crippen LogP contribution in [0.15, 0.2) is 48.6 Å². The summed E-state index contributed by atoms with van der Waals surface area (Å²) in [5, 5.41) is 0. The van der Waals surface area contributed by atoms with Gasteiger partial charge in [-0.1, -0.05) is 60.2 Å². The number of alkyl halides is 1. The Balaban J connectivity index is 2.45. The number of halogens is 1. The fraction of sp³-hybridized carbons (Fsp3) is 0.167. The Morgan fingerprint density at radius 3 is 2.53 bits per heavy atom. The van der Waals surface area contributed by atoms with E-state index in [4.69, 9.17) is 23.1 Å². The van der Waals surface area contributed by atoms with Crippen molar-refractivity contribution in [1.29, 1.82) is 0 Å². The van der Waals surface area contributed by atoms with E-state index in [0.29, 0.717) is 0 Å². The first-order valence-electron chi connectivity index (χ1n) is 4.80. The summed E-state index contributed by atoms with van der Waals surface area (Å²) in [6.45, 7) is 0. The molecule has 15 heavy (non-hydrogen) atoms. The Bertz CT molecular complexity index is 407. The second-order valence-electron chi connectivity index (χ2n) is 3.63. The van der Waals surface area contributed by atoms with Crippen LogP contribution in [-0.2, 0) is 0 Å². The van der Waals surface area contributed by atoms with Gasteiger partial charge in [0.25, 0.3) is 0 Å². The molecule has 1 aromatic rings. The highest BCUT2D eigenvalue weighted by Gasteiger charge is 2.34. The van der Waals surface area contributed by atoms with Gasteiger partial charge in [-0.2, -0.15) is 0 Å². The molecule has 1 aliphatic carbocycles. The zero-order valence-corrected chi connectivity index (χ0v) is 8.98. The number of nitrogens with two attached hydrogens (primary N) is 2. The van der Waals surface area contributed by atoms with Crippen LogP contribution in [0.5, 0.6) is 0 Å². The van der Waals surface area contributed by atoms with E-state index >= 15 is 0 Å². The van der Waals surface area contributed by atoms with Gasteiger partial charge in [-0.15, -0.1) is 0 Å². The van der Waals surface area contributed by atoms with Gasteiger partial charge in [0.15, 0.2) is 0 Å². The van der Waals surface area contributed by atoms with Crippen molar-refractivity contribution in [3.63, 3.8) is 0 Å². The summed E-state index contributed by atoms with van der Waals surface area (Å²) < 4.78 is 0. The minimum Gasteiger partial charge on any atom is -0.322 e. The van der Waals surface area contributed by atoms with Crippen LogP contribution in [-0.4, -0.2) is 11.0 Å². The van der Waals surface area contributed by atoms with Crippen molar-refractivity contribution in [3.05, 3.63) is 54.1 Å². The third kappa shape index (κ3) is 1.84. The molecular weight excluding hydrogens is 208 g/mol. The first kappa shape index (κ1) is 10.4. The van der Waals surface area contributed by atoms with E-state index in [2.05, 4.69) is 0 Å². The SMILES string of the molecule is NC1C=CC=C(c2ccccc2)C1(N)Cl. The van der Waals surface area contributed by atoms with Gasteiger partial charge in [-0.05, 0) is 11.1 Å². The number of allylic oxidation sites excluding steroid dienone is 2. The fourth-order valence-electron chi connectivity index (χ4n) is 1.65. The Kier molecular flexibility index (Phi) is 2.65. The van der Waals surface area contributed by atoms with Crippen LogP contribution in [0.25, 0.3) is 5.57 Å². The molecule has 1 aromatic carbocycles. The molecule has 0 saturated carbocycles. The second kappa shape index (κ2) is 3.81. The minimum absolute atomic E-state index is 0.362. The lowest BCUT2D eigenvalue weighted by Gasteiger charge is -2.32. The zero-order valence-electron chi connectivity index (χ0n) is 8.23. The van der Waals surface area contributed by atoms with E-state index in [0.717, 1.165) is 11.1 Å². The molecule has 0 aliphatic heterocycles. The second-order valence-corrected chi connectivity index (χ2v) is 4.25. The van der Waals surface area contributed by atoms with E-state index < -0.39 is 5.00 Å². The summed E-state index contributed by atoms with van der Waals surface area (Å²) in [5.41, 5.74) is 13.7. The van der Waals surface area contributed by atoms with E-state index in [-0.39, 0.29) is 6.04 Å². The number of rotatable bonds is 1. The summed E-state index contributed by atoms with van der Waals surface area (Å²) in [4.78, 5) is -1.02. The Morgan fingerprint density at radius 2 is 1.87 bits per heavy atom. The average molecular weight is 221 g/mol. The molecular formula is C12H13ClN2. The molecule has 3 heteroatoms. The van der Waals surface area contributed by atoms with Gasteiger partial charge in [-0.3, -0.25) is 0 Å². The summed E-state index contributed by atoms with van der Waals surface area (Å²) in [7, 11) is 0. The highest BCUT2D eigenvalue weighted by molar-refractivity contribution is 6.30. The average Bonchev–Trinajstić information content (AvgIpc) is 2.23. The lowest BCUT2D eigenvalue weighted by atomic mass is 9.89. The molecule has 0 radical (unpaired) electrons. The van der Waals surface area contributed by atoms with E-state index in [1.165, 1.54) is 0 Å². The molecule has 0 heterocycles. The fourth-order valence-corrected chi connectivity index (χ4v) is 1.90. The normalized spacial score (nSPS) is 30.1. The Labute approximate surface area is 94.2 Å². The van der Waals surface area contributed by atoms with Gasteiger partial charge in [0.2, 0.25) is 0 Å². The number of benzene rings is 1. The first-order valence-corrected chi connectivity index (χ1v) is 5.18. The van der Waals surface area contributed by atoms with Crippen LogP contribution in [0.3, 0.4) is 0 Å². The maximum atomic E-state index is 6.26. The third-order valence-electron chi connectivity index (χ3n) is 2.56. The van der Waals surface area contributed by atoms with Crippen LogP contribution >= 0.6 is 11.6 Å². The molecule has 0 fully saturated rings. The Morgan fingerprint density at radius 1 is 1.20 bits per heavy atom. The molecule has 2 unspecified atom stereocenters. The van der Waals surface area contributed by atoms with Gasteiger partial charge < -0.3 is 11.5 Å². The van der Waals surface area contributed by atoms with Crippen molar-refractivity contribution in [2.75, 3.05) is 0 Å². The van der Waals surface area contributed by atoms with Crippen molar-refractivity contribution >= 4 is 17.2 Å². The monoisotopic (exact) mass is 220 g/mol. The smallest absolute Gasteiger partial charge is 0.136 e. The van der Waals surface area contributed by atoms with E-state index in [1.807, 2.05) is 42.5 Å². The van der Waals surface area contributed by atoms with Crippen molar-refractivity contribution in [1.82, 2.24) is 0 Å². The van der Waals surface area contributed by atoms with Gasteiger partial charge in [-0.25, -0.2) is 0 Å². The van der Waals surface area contributed by atoms with Gasteiger partial charge in [0.05, 0.1) is 6.04 Å². The first-order chi connectivity index (χ1) is 7.12. The minimum atomic E-state index is -1.02. The molecule has 2 rings (SSSR count). The van der Waals surface area contributed by atoms with Crippen LogP contribution in [0.4, 0.5) is 0 Å². The summed E-state index contributed by atoms with van der Waals surface area (Å²) in [5.74, 6) is 0. The van der Waals surface area contributed by atoms with Crippen LogP contribution in [0, 0.1) is 0 Å². The maximum Gasteiger partial charge on any atom is 0.136 e. The lowest BCUT2D eigenvalue weighted by molar-refractivity contribution is 0.651. The highest BCUT2D eigenvalue weighted by atomic mass is 35.5. The van der Waals surface area contributed by atoms with Crippen molar-refractivity contribution < 1.29 is 0 Å². The highest BCUT2D eigenvalue weighted by Crippen LogP contribution is 2.33. The quantitative estimate of drug-likeness (QED) is 0.561. The molecule has 4 N–H and O–H groups in total. The zero-order chi connectivity index (χ0) is 10.9. The van der Waals surface area contributed by atoms with Gasteiger partial charge in [0.1, 0.15) is 5.00 Å². The number of hydrogen-bond donors (Lipinski definition) is 2. The van der Waals surface area contributed by atoms with Crippen LogP contribution in [0.2, 0.25) is 0 Å². The molecule has 0 amide bonds. The maximum absolute atomic E-state index is 6.26. The molecule has 0 spiro atoms. The van der Waals surface area contributed by atoms with E-state index in [9.17, 15) is 0 Å². The van der Waals surface area contributed by atoms with Gasteiger partial charge in [0, 0.05) is 0 Å². The predicted octanol–water partition coefficient (Wildman–Crippen LogP) is 1.86. The van der Waals surface area contributed by atoms with E-state index in [1.54, 1.807) is 6.08 Å². The molecule has 78 valence electrons.